The summed E-state index contributed by atoms with van der Waals surface area (Å²) in [4.78, 5) is 35.6. The third kappa shape index (κ3) is 3.94. The predicted octanol–water partition coefficient (Wildman–Crippen LogP) is 4.74. The summed E-state index contributed by atoms with van der Waals surface area (Å²) in [6.45, 7) is 3.70. The molecule has 1 aliphatic heterocycles. The first-order valence-corrected chi connectivity index (χ1v) is 13.0. The van der Waals surface area contributed by atoms with Gasteiger partial charge in [-0.1, -0.05) is 30.0 Å². The number of hydrogen-bond donors (Lipinski definition) is 0. The van der Waals surface area contributed by atoms with Crippen LogP contribution in [0.2, 0.25) is 0 Å². The van der Waals surface area contributed by atoms with E-state index in [9.17, 15) is 9.59 Å². The first kappa shape index (κ1) is 20.8. The molecule has 0 atom stereocenters. The number of amides is 1. The smallest absolute Gasteiger partial charge is 0.267 e. The lowest BCUT2D eigenvalue weighted by Gasteiger charge is -2.26. The number of fused-ring (bicyclic) bond motifs is 3. The number of thiophene rings is 1. The predicted molar refractivity (Wildman–Crippen MR) is 128 cm³/mol. The van der Waals surface area contributed by atoms with Crippen molar-refractivity contribution in [2.45, 2.75) is 57.0 Å². The van der Waals surface area contributed by atoms with Crippen molar-refractivity contribution in [2.24, 2.45) is 0 Å². The zero-order valence-electron chi connectivity index (χ0n) is 17.9. The van der Waals surface area contributed by atoms with Crippen LogP contribution >= 0.6 is 23.1 Å². The van der Waals surface area contributed by atoms with E-state index in [4.69, 9.17) is 4.98 Å². The molecule has 7 heteroatoms. The summed E-state index contributed by atoms with van der Waals surface area (Å²) in [5.74, 6) is 0.454. The Morgan fingerprint density at radius 3 is 2.68 bits per heavy atom. The molecule has 2 aliphatic rings. The molecule has 1 aromatic carbocycles. The Hall–Kier alpha value is -2.12. The number of aryl methyl sites for hydroxylation is 3. The second kappa shape index (κ2) is 8.79. The van der Waals surface area contributed by atoms with Crippen LogP contribution in [0.5, 0.6) is 0 Å². The number of hydrogen-bond acceptors (Lipinski definition) is 5. The molecule has 1 amide bonds. The summed E-state index contributed by atoms with van der Waals surface area (Å²) in [5, 5.41) is 1.41. The highest BCUT2D eigenvalue weighted by atomic mass is 32.2. The standard InChI is InChI=1S/C24H27N3O2S2/c1-16-9-3-5-11-18(16)27-23(29)21-17-10-4-6-12-19(17)31-22(21)25-24(27)30-15-20(28)26-13-7-2-8-14-26/h3,5,9,11H,2,4,6-8,10,12-15H2,1H3. The molecule has 3 aromatic rings. The fourth-order valence-corrected chi connectivity index (χ4v) is 6.88. The number of para-hydroxylation sites is 1. The Labute approximate surface area is 190 Å². The highest BCUT2D eigenvalue weighted by Crippen LogP contribution is 2.35. The van der Waals surface area contributed by atoms with Gasteiger partial charge in [0.1, 0.15) is 4.83 Å². The molecule has 0 radical (unpaired) electrons. The number of rotatable bonds is 4. The summed E-state index contributed by atoms with van der Waals surface area (Å²) in [6.07, 6.45) is 7.66. The average molecular weight is 454 g/mol. The molecule has 1 fully saturated rings. The van der Waals surface area contributed by atoms with Gasteiger partial charge in [0.2, 0.25) is 5.91 Å². The first-order chi connectivity index (χ1) is 15.1. The van der Waals surface area contributed by atoms with Crippen molar-refractivity contribution in [1.82, 2.24) is 14.5 Å². The van der Waals surface area contributed by atoms with E-state index in [0.29, 0.717) is 10.9 Å². The van der Waals surface area contributed by atoms with Crippen LogP contribution in [0.1, 0.15) is 48.1 Å². The zero-order chi connectivity index (χ0) is 21.4. The van der Waals surface area contributed by atoms with E-state index < -0.39 is 0 Å². The number of aromatic nitrogens is 2. The molecule has 3 heterocycles. The maximum atomic E-state index is 13.8. The number of thioether (sulfide) groups is 1. The molecule has 0 saturated carbocycles. The van der Waals surface area contributed by atoms with Crippen LogP contribution in [0.4, 0.5) is 0 Å². The van der Waals surface area contributed by atoms with Crippen molar-refractivity contribution in [3.63, 3.8) is 0 Å². The number of piperidine rings is 1. The Morgan fingerprint density at radius 1 is 1.10 bits per heavy atom. The molecule has 0 N–H and O–H groups in total. The lowest BCUT2D eigenvalue weighted by molar-refractivity contribution is -0.129. The van der Waals surface area contributed by atoms with Gasteiger partial charge < -0.3 is 4.90 Å². The molecule has 1 aliphatic carbocycles. The van der Waals surface area contributed by atoms with E-state index in [2.05, 4.69) is 0 Å². The third-order valence-electron chi connectivity index (χ3n) is 6.35. The molecule has 5 nitrogen and oxygen atoms in total. The topological polar surface area (TPSA) is 55.2 Å². The molecule has 0 unspecified atom stereocenters. The monoisotopic (exact) mass is 453 g/mol. The van der Waals surface area contributed by atoms with Crippen molar-refractivity contribution in [1.29, 1.82) is 0 Å². The van der Waals surface area contributed by atoms with Crippen LogP contribution < -0.4 is 5.56 Å². The molecule has 0 spiro atoms. The van der Waals surface area contributed by atoms with Gasteiger partial charge in [0.05, 0.1) is 16.8 Å². The number of benzene rings is 1. The Morgan fingerprint density at radius 2 is 1.87 bits per heavy atom. The second-order valence-electron chi connectivity index (χ2n) is 8.44. The van der Waals surface area contributed by atoms with Crippen molar-refractivity contribution < 1.29 is 4.79 Å². The van der Waals surface area contributed by atoms with Crippen LogP contribution in [0.3, 0.4) is 0 Å². The van der Waals surface area contributed by atoms with Gasteiger partial charge in [-0.2, -0.15) is 0 Å². The minimum Gasteiger partial charge on any atom is -0.342 e. The summed E-state index contributed by atoms with van der Waals surface area (Å²) in [5.41, 5.74) is 3.09. The molecular weight excluding hydrogens is 426 g/mol. The van der Waals surface area contributed by atoms with Gasteiger partial charge in [-0.05, 0) is 69.1 Å². The fraction of sp³-hybridized carbons (Fsp3) is 0.458. The Bertz CT molecular complexity index is 1190. The maximum Gasteiger partial charge on any atom is 0.267 e. The average Bonchev–Trinajstić information content (AvgIpc) is 3.17. The van der Waals surface area contributed by atoms with E-state index >= 15 is 0 Å². The Kier molecular flexibility index (Phi) is 5.89. The summed E-state index contributed by atoms with van der Waals surface area (Å²) in [6, 6.07) is 7.92. The number of likely N-dealkylation sites (tertiary alicyclic amines) is 1. The first-order valence-electron chi connectivity index (χ1n) is 11.2. The SMILES string of the molecule is Cc1ccccc1-n1c(SCC(=O)N2CCCCC2)nc2sc3c(c2c1=O)CCCC3. The molecule has 1 saturated heterocycles. The van der Waals surface area contributed by atoms with Crippen LogP contribution in [-0.2, 0) is 17.6 Å². The van der Waals surface area contributed by atoms with Gasteiger partial charge in [-0.3, -0.25) is 14.2 Å². The van der Waals surface area contributed by atoms with E-state index in [1.165, 1.54) is 35.0 Å². The quantitative estimate of drug-likeness (QED) is 0.423. The van der Waals surface area contributed by atoms with Crippen LogP contribution in [0, 0.1) is 6.92 Å². The van der Waals surface area contributed by atoms with Gasteiger partial charge in [-0.15, -0.1) is 11.3 Å². The Balaban J connectivity index is 1.59. The van der Waals surface area contributed by atoms with Crippen molar-refractivity contribution in [3.05, 3.63) is 50.6 Å². The molecular formula is C24H27N3O2S2. The van der Waals surface area contributed by atoms with Gasteiger partial charge >= 0.3 is 0 Å². The number of carbonyl (C=O) groups is 1. The number of carbonyl (C=O) groups excluding carboxylic acids is 1. The molecule has 31 heavy (non-hydrogen) atoms. The van der Waals surface area contributed by atoms with Crippen LogP contribution in [0.25, 0.3) is 15.9 Å². The summed E-state index contributed by atoms with van der Waals surface area (Å²) < 4.78 is 1.74. The van der Waals surface area contributed by atoms with E-state index in [-0.39, 0.29) is 11.5 Å². The molecule has 2 aromatic heterocycles. The second-order valence-corrected chi connectivity index (χ2v) is 10.5. The van der Waals surface area contributed by atoms with Crippen LogP contribution in [-0.4, -0.2) is 39.2 Å². The van der Waals surface area contributed by atoms with Gasteiger partial charge in [-0.25, -0.2) is 4.98 Å². The van der Waals surface area contributed by atoms with Gasteiger partial charge in [0.15, 0.2) is 5.16 Å². The minimum atomic E-state index is 0.00613. The summed E-state index contributed by atoms with van der Waals surface area (Å²) >= 11 is 3.06. The normalized spacial score (nSPS) is 16.5. The van der Waals surface area contributed by atoms with E-state index in [0.717, 1.165) is 66.7 Å². The van der Waals surface area contributed by atoms with Gasteiger partial charge in [0, 0.05) is 18.0 Å². The molecule has 162 valence electrons. The minimum absolute atomic E-state index is 0.00613. The fourth-order valence-electron chi connectivity index (χ4n) is 4.67. The van der Waals surface area contributed by atoms with E-state index in [1.807, 2.05) is 36.1 Å². The third-order valence-corrected chi connectivity index (χ3v) is 8.46. The van der Waals surface area contributed by atoms with Crippen molar-refractivity contribution >= 4 is 39.2 Å². The van der Waals surface area contributed by atoms with Crippen LogP contribution in [0.15, 0.2) is 34.2 Å². The van der Waals surface area contributed by atoms with E-state index in [1.54, 1.807) is 15.9 Å². The van der Waals surface area contributed by atoms with Crippen molar-refractivity contribution in [2.75, 3.05) is 18.8 Å². The highest BCUT2D eigenvalue weighted by Gasteiger charge is 2.24. The van der Waals surface area contributed by atoms with Crippen molar-refractivity contribution in [3.8, 4) is 5.69 Å². The molecule has 0 bridgehead atoms. The lowest BCUT2D eigenvalue weighted by Crippen LogP contribution is -2.36. The van der Waals surface area contributed by atoms with Gasteiger partial charge in [0.25, 0.3) is 5.56 Å². The largest absolute Gasteiger partial charge is 0.342 e. The highest BCUT2D eigenvalue weighted by molar-refractivity contribution is 7.99. The lowest BCUT2D eigenvalue weighted by atomic mass is 9.97. The zero-order valence-corrected chi connectivity index (χ0v) is 19.5. The number of nitrogens with zero attached hydrogens (tertiary/aromatic N) is 3. The molecule has 5 rings (SSSR count). The maximum absolute atomic E-state index is 13.8. The summed E-state index contributed by atoms with van der Waals surface area (Å²) in [7, 11) is 0.